The molecule has 1 atom stereocenters. The van der Waals surface area contributed by atoms with Crippen molar-refractivity contribution in [1.29, 1.82) is 0 Å². The highest BCUT2D eigenvalue weighted by molar-refractivity contribution is 7.22. The number of aliphatic hydroxyl groups is 1. The molecule has 1 fully saturated rings. The van der Waals surface area contributed by atoms with E-state index in [-0.39, 0.29) is 11.3 Å². The van der Waals surface area contributed by atoms with Crippen molar-refractivity contribution >= 4 is 50.1 Å². The normalized spacial score (nSPS) is 16.6. The van der Waals surface area contributed by atoms with Gasteiger partial charge in [-0.3, -0.25) is 14.5 Å². The van der Waals surface area contributed by atoms with Gasteiger partial charge in [0.15, 0.2) is 5.13 Å². The van der Waals surface area contributed by atoms with Gasteiger partial charge in [0.2, 0.25) is 0 Å². The number of carbonyl (C=O) groups is 3. The molecule has 0 spiro atoms. The van der Waals surface area contributed by atoms with E-state index < -0.39 is 23.7 Å². The number of aromatic nitrogens is 1. The van der Waals surface area contributed by atoms with Gasteiger partial charge >= 0.3 is 11.9 Å². The number of thiazole rings is 1. The van der Waals surface area contributed by atoms with Gasteiger partial charge in [0.25, 0.3) is 5.78 Å². The first-order valence-corrected chi connectivity index (χ1v) is 13.2. The molecule has 1 aliphatic heterocycles. The summed E-state index contributed by atoms with van der Waals surface area (Å²) in [5.41, 5.74) is 2.89. The number of benzene rings is 3. The summed E-state index contributed by atoms with van der Waals surface area (Å²) in [6, 6.07) is 17.9. The molecule has 1 unspecified atom stereocenters. The molecular formula is C30H26N2O6S. The lowest BCUT2D eigenvalue weighted by Crippen LogP contribution is -2.29. The number of carbonyl (C=O) groups excluding carboxylic acids is 3. The van der Waals surface area contributed by atoms with Gasteiger partial charge in [0.1, 0.15) is 11.5 Å². The van der Waals surface area contributed by atoms with Gasteiger partial charge in [-0.05, 0) is 73.0 Å². The number of methoxy groups -OCH3 is 1. The molecule has 1 N–H and O–H groups in total. The molecule has 9 heteroatoms. The number of fused-ring (bicyclic) bond motifs is 1. The molecule has 39 heavy (non-hydrogen) atoms. The fourth-order valence-corrected chi connectivity index (χ4v) is 5.56. The number of hydrogen-bond donors (Lipinski definition) is 1. The monoisotopic (exact) mass is 542 g/mol. The second kappa shape index (κ2) is 10.7. The van der Waals surface area contributed by atoms with Gasteiger partial charge in [-0.2, -0.15) is 0 Å². The molecule has 0 bridgehead atoms. The second-order valence-electron chi connectivity index (χ2n) is 9.12. The van der Waals surface area contributed by atoms with Crippen LogP contribution in [0.4, 0.5) is 5.13 Å². The standard InChI is InChI=1S/C30H26N2O6S/c1-4-15-38-21-12-10-19(11-13-21)26(33)24-25(18-6-8-20(9-7-18)29(36)37-3)32(28(35)27(24)34)30-31-22-14-5-17(2)16-23(22)39-30/h5-14,16,25,33H,4,15H2,1-3H3/b26-24+. The summed E-state index contributed by atoms with van der Waals surface area (Å²) in [5.74, 6) is -1.80. The average Bonchev–Trinajstić information content (AvgIpc) is 3.48. The summed E-state index contributed by atoms with van der Waals surface area (Å²) in [5, 5.41) is 11.7. The number of nitrogens with zero attached hydrogens (tertiary/aromatic N) is 2. The highest BCUT2D eigenvalue weighted by Crippen LogP contribution is 2.44. The molecule has 0 saturated carbocycles. The number of aryl methyl sites for hydroxylation is 1. The van der Waals surface area contributed by atoms with Crippen LogP contribution in [0.5, 0.6) is 5.75 Å². The van der Waals surface area contributed by atoms with E-state index in [9.17, 15) is 19.5 Å². The van der Waals surface area contributed by atoms with Crippen molar-refractivity contribution in [3.63, 3.8) is 0 Å². The van der Waals surface area contributed by atoms with Crippen molar-refractivity contribution in [3.05, 3.63) is 94.6 Å². The van der Waals surface area contributed by atoms with Crippen LogP contribution in [0.2, 0.25) is 0 Å². The third-order valence-electron chi connectivity index (χ3n) is 6.43. The van der Waals surface area contributed by atoms with Crippen molar-refractivity contribution in [3.8, 4) is 5.75 Å². The van der Waals surface area contributed by atoms with E-state index in [2.05, 4.69) is 4.98 Å². The minimum absolute atomic E-state index is 0.0662. The molecule has 3 aromatic carbocycles. The van der Waals surface area contributed by atoms with Crippen LogP contribution in [0.15, 0.2) is 72.3 Å². The van der Waals surface area contributed by atoms with Crippen molar-refractivity contribution in [2.24, 2.45) is 0 Å². The summed E-state index contributed by atoms with van der Waals surface area (Å²) >= 11 is 1.29. The lowest BCUT2D eigenvalue weighted by Gasteiger charge is -2.23. The molecular weight excluding hydrogens is 516 g/mol. The van der Waals surface area contributed by atoms with Crippen LogP contribution in [-0.4, -0.2) is 41.5 Å². The molecule has 5 rings (SSSR count). The minimum atomic E-state index is -0.964. The Kier molecular flexibility index (Phi) is 7.17. The molecule has 0 radical (unpaired) electrons. The molecule has 1 saturated heterocycles. The van der Waals surface area contributed by atoms with Crippen molar-refractivity contribution in [1.82, 2.24) is 4.98 Å². The minimum Gasteiger partial charge on any atom is -0.507 e. The molecule has 1 aliphatic rings. The van der Waals surface area contributed by atoms with E-state index in [0.29, 0.717) is 39.7 Å². The Hall–Kier alpha value is -4.50. The van der Waals surface area contributed by atoms with Gasteiger partial charge in [0.05, 0.1) is 41.1 Å². The zero-order valence-corrected chi connectivity index (χ0v) is 22.5. The largest absolute Gasteiger partial charge is 0.507 e. The van der Waals surface area contributed by atoms with Crippen LogP contribution < -0.4 is 9.64 Å². The van der Waals surface area contributed by atoms with Crippen LogP contribution in [0.3, 0.4) is 0 Å². The van der Waals surface area contributed by atoms with Crippen LogP contribution in [-0.2, 0) is 14.3 Å². The molecule has 1 amide bonds. The Morgan fingerprint density at radius 2 is 1.72 bits per heavy atom. The van der Waals surface area contributed by atoms with Crippen molar-refractivity contribution in [2.75, 3.05) is 18.6 Å². The van der Waals surface area contributed by atoms with Crippen molar-refractivity contribution in [2.45, 2.75) is 26.3 Å². The number of esters is 1. The topological polar surface area (TPSA) is 106 Å². The molecule has 2 heterocycles. The first-order chi connectivity index (χ1) is 18.8. The third kappa shape index (κ3) is 4.88. The molecule has 8 nitrogen and oxygen atoms in total. The van der Waals surface area contributed by atoms with E-state index >= 15 is 0 Å². The van der Waals surface area contributed by atoms with E-state index in [1.54, 1.807) is 48.5 Å². The summed E-state index contributed by atoms with van der Waals surface area (Å²) in [7, 11) is 1.29. The van der Waals surface area contributed by atoms with Crippen LogP contribution >= 0.6 is 11.3 Å². The molecule has 198 valence electrons. The molecule has 1 aromatic heterocycles. The molecule has 4 aromatic rings. The second-order valence-corrected chi connectivity index (χ2v) is 10.1. The van der Waals surface area contributed by atoms with Crippen LogP contribution in [0.1, 0.15) is 46.4 Å². The molecule has 0 aliphatic carbocycles. The van der Waals surface area contributed by atoms with Gasteiger partial charge in [-0.15, -0.1) is 0 Å². The average molecular weight is 543 g/mol. The zero-order valence-electron chi connectivity index (χ0n) is 21.6. The highest BCUT2D eigenvalue weighted by Gasteiger charge is 2.48. The highest BCUT2D eigenvalue weighted by atomic mass is 32.1. The smallest absolute Gasteiger partial charge is 0.337 e. The van der Waals surface area contributed by atoms with Gasteiger partial charge < -0.3 is 14.6 Å². The number of rotatable bonds is 7. The quantitative estimate of drug-likeness (QED) is 0.136. The lowest BCUT2D eigenvalue weighted by molar-refractivity contribution is -0.132. The fraction of sp³-hybridized carbons (Fsp3) is 0.200. The Bertz CT molecular complexity index is 1600. The first-order valence-electron chi connectivity index (χ1n) is 12.4. The van der Waals surface area contributed by atoms with Gasteiger partial charge in [0, 0.05) is 5.56 Å². The van der Waals surface area contributed by atoms with E-state index in [0.717, 1.165) is 16.7 Å². The lowest BCUT2D eigenvalue weighted by atomic mass is 9.94. The first kappa shape index (κ1) is 26.1. The maximum absolute atomic E-state index is 13.5. The number of ether oxygens (including phenoxy) is 2. The van der Waals surface area contributed by atoms with E-state index in [1.165, 1.54) is 23.3 Å². The van der Waals surface area contributed by atoms with E-state index in [4.69, 9.17) is 9.47 Å². The van der Waals surface area contributed by atoms with E-state index in [1.807, 2.05) is 32.0 Å². The third-order valence-corrected chi connectivity index (χ3v) is 7.45. The number of amides is 1. The predicted molar refractivity (Wildman–Crippen MR) is 149 cm³/mol. The maximum Gasteiger partial charge on any atom is 0.337 e. The van der Waals surface area contributed by atoms with Crippen LogP contribution in [0, 0.1) is 6.92 Å². The van der Waals surface area contributed by atoms with Crippen LogP contribution in [0.25, 0.3) is 16.0 Å². The van der Waals surface area contributed by atoms with Crippen molar-refractivity contribution < 1.29 is 29.0 Å². The Morgan fingerprint density at radius 3 is 2.38 bits per heavy atom. The SMILES string of the molecule is CCCOc1ccc(/C(O)=C2\C(=O)C(=O)N(c3nc4ccc(C)cc4s3)C2c2ccc(C(=O)OC)cc2)cc1. The Labute approximate surface area is 229 Å². The maximum atomic E-state index is 13.5. The fourth-order valence-electron chi connectivity index (χ4n) is 4.47. The number of aliphatic hydroxyl groups excluding tert-OH is 1. The summed E-state index contributed by atoms with van der Waals surface area (Å²) in [6.45, 7) is 4.52. The number of hydrogen-bond acceptors (Lipinski definition) is 8. The zero-order chi connectivity index (χ0) is 27.7. The number of Topliss-reactive ketones (excluding diaryl/α,β-unsaturated/α-hetero) is 1. The Morgan fingerprint density at radius 1 is 1.03 bits per heavy atom. The Balaban J connectivity index is 1.65. The van der Waals surface area contributed by atoms with Gasteiger partial charge in [-0.1, -0.05) is 36.5 Å². The summed E-state index contributed by atoms with van der Waals surface area (Å²) in [4.78, 5) is 44.9. The predicted octanol–water partition coefficient (Wildman–Crippen LogP) is 5.81. The summed E-state index contributed by atoms with van der Waals surface area (Å²) in [6.07, 6.45) is 0.852. The number of anilines is 1. The number of ketones is 1. The summed E-state index contributed by atoms with van der Waals surface area (Å²) < 4.78 is 11.3. The van der Waals surface area contributed by atoms with Gasteiger partial charge in [-0.25, -0.2) is 9.78 Å².